The summed E-state index contributed by atoms with van der Waals surface area (Å²) in [6.45, 7) is 5.93. The molecule has 0 spiro atoms. The van der Waals surface area contributed by atoms with Crippen LogP contribution in [0.1, 0.15) is 33.6 Å². The van der Waals surface area contributed by atoms with Gasteiger partial charge in [-0.3, -0.25) is 0 Å². The van der Waals surface area contributed by atoms with E-state index < -0.39 is 9.84 Å². The van der Waals surface area contributed by atoms with Crippen molar-refractivity contribution in [3.8, 4) is 0 Å². The lowest BCUT2D eigenvalue weighted by Gasteiger charge is -2.14. The van der Waals surface area contributed by atoms with Gasteiger partial charge in [-0.15, -0.1) is 0 Å². The van der Waals surface area contributed by atoms with E-state index in [0.717, 1.165) is 18.5 Å². The largest absolute Gasteiger partial charge is 0.383 e. The lowest BCUT2D eigenvalue weighted by atomic mass is 10.2. The first-order valence-electron chi connectivity index (χ1n) is 6.09. The summed E-state index contributed by atoms with van der Waals surface area (Å²) in [5.41, 5.74) is 0.973. The fourth-order valence-electron chi connectivity index (χ4n) is 1.71. The minimum absolute atomic E-state index is 0.145. The van der Waals surface area contributed by atoms with Gasteiger partial charge in [-0.1, -0.05) is 20.3 Å². The molecule has 0 aliphatic rings. The van der Waals surface area contributed by atoms with Crippen LogP contribution in [-0.4, -0.2) is 20.2 Å². The van der Waals surface area contributed by atoms with Crippen LogP contribution in [0.3, 0.4) is 0 Å². The van der Waals surface area contributed by atoms with E-state index in [1.807, 2.05) is 12.1 Å². The van der Waals surface area contributed by atoms with Gasteiger partial charge < -0.3 is 5.32 Å². The van der Waals surface area contributed by atoms with Crippen LogP contribution in [-0.2, 0) is 9.84 Å². The first-order chi connectivity index (χ1) is 7.99. The number of hydrogen-bond acceptors (Lipinski definition) is 3. The Labute approximate surface area is 104 Å². The van der Waals surface area contributed by atoms with Gasteiger partial charge in [0.1, 0.15) is 0 Å². The second-order valence-corrected chi connectivity index (χ2v) is 6.54. The zero-order valence-corrected chi connectivity index (χ0v) is 11.5. The maximum absolute atomic E-state index is 11.6. The Hall–Kier alpha value is -1.03. The lowest BCUT2D eigenvalue weighted by Crippen LogP contribution is -2.14. The van der Waals surface area contributed by atoms with Crippen molar-refractivity contribution in [1.82, 2.24) is 0 Å². The minimum Gasteiger partial charge on any atom is -0.383 e. The zero-order chi connectivity index (χ0) is 12.9. The molecular formula is C13H21NO2S. The second-order valence-electron chi connectivity index (χ2n) is 4.26. The van der Waals surface area contributed by atoms with Crippen LogP contribution in [0.15, 0.2) is 29.2 Å². The lowest BCUT2D eigenvalue weighted by molar-refractivity contribution is 0.597. The Balaban J connectivity index is 2.75. The summed E-state index contributed by atoms with van der Waals surface area (Å²) in [5.74, 6) is 0.145. The van der Waals surface area contributed by atoms with Gasteiger partial charge in [-0.05, 0) is 37.6 Å². The summed E-state index contributed by atoms with van der Waals surface area (Å²) in [6.07, 6.45) is 2.24. The molecule has 0 saturated carbocycles. The van der Waals surface area contributed by atoms with Crippen LogP contribution < -0.4 is 5.32 Å². The van der Waals surface area contributed by atoms with Crippen LogP contribution in [0.5, 0.6) is 0 Å². The normalized spacial score (nSPS) is 13.4. The molecule has 3 nitrogen and oxygen atoms in total. The van der Waals surface area contributed by atoms with Gasteiger partial charge >= 0.3 is 0 Å². The Morgan fingerprint density at radius 1 is 1.18 bits per heavy atom. The van der Waals surface area contributed by atoms with Crippen molar-refractivity contribution in [2.24, 2.45) is 0 Å². The Bertz CT molecular complexity index is 437. The van der Waals surface area contributed by atoms with Gasteiger partial charge in [0, 0.05) is 11.7 Å². The van der Waals surface area contributed by atoms with Crippen LogP contribution in [0.4, 0.5) is 5.69 Å². The molecule has 1 N–H and O–H groups in total. The number of sulfone groups is 1. The van der Waals surface area contributed by atoms with E-state index in [-0.39, 0.29) is 5.75 Å². The highest BCUT2D eigenvalue weighted by atomic mass is 32.2. The summed E-state index contributed by atoms with van der Waals surface area (Å²) in [4.78, 5) is 0.397. The smallest absolute Gasteiger partial charge is 0.178 e. The van der Waals surface area contributed by atoms with E-state index >= 15 is 0 Å². The molecule has 1 aromatic rings. The van der Waals surface area contributed by atoms with Crippen molar-refractivity contribution in [3.05, 3.63) is 24.3 Å². The Kier molecular flexibility index (Phi) is 5.00. The molecule has 0 saturated heterocycles. The highest BCUT2D eigenvalue weighted by Gasteiger charge is 2.10. The molecule has 0 aliphatic heterocycles. The van der Waals surface area contributed by atoms with Gasteiger partial charge in [0.05, 0.1) is 10.6 Å². The molecule has 0 fully saturated rings. The fraction of sp³-hybridized carbons (Fsp3) is 0.538. The van der Waals surface area contributed by atoms with E-state index in [0.29, 0.717) is 10.9 Å². The van der Waals surface area contributed by atoms with Gasteiger partial charge in [0.15, 0.2) is 9.84 Å². The molecule has 1 aromatic carbocycles. The van der Waals surface area contributed by atoms with Crippen molar-refractivity contribution >= 4 is 15.5 Å². The summed E-state index contributed by atoms with van der Waals surface area (Å²) in [7, 11) is -3.08. The second kappa shape index (κ2) is 6.05. The van der Waals surface area contributed by atoms with Gasteiger partial charge in [-0.25, -0.2) is 8.42 Å². The van der Waals surface area contributed by atoms with Crippen LogP contribution in [0.2, 0.25) is 0 Å². The summed E-state index contributed by atoms with van der Waals surface area (Å²) in [6, 6.07) is 7.40. The number of benzene rings is 1. The van der Waals surface area contributed by atoms with Crippen LogP contribution in [0, 0.1) is 0 Å². The zero-order valence-electron chi connectivity index (χ0n) is 10.7. The van der Waals surface area contributed by atoms with E-state index in [2.05, 4.69) is 19.2 Å². The summed E-state index contributed by atoms with van der Waals surface area (Å²) >= 11 is 0. The molecule has 96 valence electrons. The molecule has 17 heavy (non-hydrogen) atoms. The quantitative estimate of drug-likeness (QED) is 0.849. The highest BCUT2D eigenvalue weighted by Crippen LogP contribution is 2.16. The number of anilines is 1. The highest BCUT2D eigenvalue weighted by molar-refractivity contribution is 7.91. The van der Waals surface area contributed by atoms with Crippen molar-refractivity contribution in [3.63, 3.8) is 0 Å². The number of rotatable bonds is 6. The molecule has 1 atom stereocenters. The van der Waals surface area contributed by atoms with Crippen molar-refractivity contribution in [2.45, 2.75) is 44.6 Å². The van der Waals surface area contributed by atoms with Gasteiger partial charge in [0.2, 0.25) is 0 Å². The molecule has 0 aliphatic carbocycles. The SMILES string of the molecule is CCCC(C)Nc1ccc(S(=O)(=O)CC)cc1. The molecule has 1 rings (SSSR count). The molecule has 0 bridgehead atoms. The monoisotopic (exact) mass is 255 g/mol. The standard InChI is InChI=1S/C13H21NO2S/c1-4-6-11(3)14-12-7-9-13(10-8-12)17(15,16)5-2/h7-11,14H,4-6H2,1-3H3. The molecule has 4 heteroatoms. The van der Waals surface area contributed by atoms with E-state index in [9.17, 15) is 8.42 Å². The third-order valence-electron chi connectivity index (χ3n) is 2.73. The molecule has 0 heterocycles. The Morgan fingerprint density at radius 3 is 2.24 bits per heavy atom. The molecule has 0 aromatic heterocycles. The Morgan fingerprint density at radius 2 is 1.76 bits per heavy atom. The summed E-state index contributed by atoms with van der Waals surface area (Å²) < 4.78 is 23.2. The number of nitrogens with one attached hydrogen (secondary N) is 1. The van der Waals surface area contributed by atoms with Crippen LogP contribution >= 0.6 is 0 Å². The third-order valence-corrected chi connectivity index (χ3v) is 4.48. The molecule has 0 radical (unpaired) electrons. The minimum atomic E-state index is -3.08. The average Bonchev–Trinajstić information content (AvgIpc) is 2.30. The van der Waals surface area contributed by atoms with E-state index in [1.165, 1.54) is 0 Å². The maximum atomic E-state index is 11.6. The van der Waals surface area contributed by atoms with E-state index in [1.54, 1.807) is 19.1 Å². The van der Waals surface area contributed by atoms with Crippen molar-refractivity contribution in [2.75, 3.05) is 11.1 Å². The fourth-order valence-corrected chi connectivity index (χ4v) is 2.60. The van der Waals surface area contributed by atoms with Crippen molar-refractivity contribution in [1.29, 1.82) is 0 Å². The predicted octanol–water partition coefficient (Wildman–Crippen LogP) is 3.08. The molecule has 0 amide bonds. The molecule has 1 unspecified atom stereocenters. The first kappa shape index (κ1) is 14.0. The maximum Gasteiger partial charge on any atom is 0.178 e. The van der Waals surface area contributed by atoms with Crippen LogP contribution in [0.25, 0.3) is 0 Å². The third kappa shape index (κ3) is 4.04. The number of hydrogen-bond donors (Lipinski definition) is 1. The predicted molar refractivity (Wildman–Crippen MR) is 72.2 cm³/mol. The first-order valence-corrected chi connectivity index (χ1v) is 7.74. The molecular weight excluding hydrogens is 234 g/mol. The van der Waals surface area contributed by atoms with Gasteiger partial charge in [0.25, 0.3) is 0 Å². The average molecular weight is 255 g/mol. The van der Waals surface area contributed by atoms with Crippen molar-refractivity contribution < 1.29 is 8.42 Å². The topological polar surface area (TPSA) is 46.2 Å². The summed E-state index contributed by atoms with van der Waals surface area (Å²) in [5, 5.41) is 3.34. The van der Waals surface area contributed by atoms with E-state index in [4.69, 9.17) is 0 Å². The van der Waals surface area contributed by atoms with Gasteiger partial charge in [-0.2, -0.15) is 0 Å².